The van der Waals surface area contributed by atoms with Crippen molar-refractivity contribution in [3.8, 4) is 16.9 Å². The van der Waals surface area contributed by atoms with E-state index in [1.165, 1.54) is 11.6 Å². The molecule has 0 spiro atoms. The Bertz CT molecular complexity index is 1460. The highest BCUT2D eigenvalue weighted by Crippen LogP contribution is 2.33. The number of ether oxygens (including phenoxy) is 1. The van der Waals surface area contributed by atoms with Crippen molar-refractivity contribution in [2.45, 2.75) is 13.0 Å². The fourth-order valence-corrected chi connectivity index (χ4v) is 4.13. The first-order chi connectivity index (χ1) is 16.2. The molecule has 164 valence electrons. The summed E-state index contributed by atoms with van der Waals surface area (Å²) in [6.45, 7) is 1.24. The third kappa shape index (κ3) is 4.69. The van der Waals surface area contributed by atoms with Crippen LogP contribution < -0.4 is 10.4 Å². The molecule has 0 radical (unpaired) electrons. The fraction of sp³-hybridized carbons (Fsp3) is 0.111. The molecule has 5 rings (SSSR count). The summed E-state index contributed by atoms with van der Waals surface area (Å²) in [5.74, 6) is 0.635. The van der Waals surface area contributed by atoms with E-state index < -0.39 is 5.63 Å². The lowest BCUT2D eigenvalue weighted by Gasteiger charge is -2.11. The lowest BCUT2D eigenvalue weighted by Crippen LogP contribution is -2.08. The van der Waals surface area contributed by atoms with Gasteiger partial charge < -0.3 is 13.7 Å². The number of benzene rings is 3. The van der Waals surface area contributed by atoms with Crippen LogP contribution in [-0.4, -0.2) is 16.2 Å². The highest BCUT2D eigenvalue weighted by atomic mass is 35.5. The van der Waals surface area contributed by atoms with E-state index in [1.807, 2.05) is 61.1 Å². The number of halogens is 1. The molecule has 0 aliphatic heterocycles. The Hall–Kier alpha value is -3.83. The van der Waals surface area contributed by atoms with Crippen molar-refractivity contribution in [2.24, 2.45) is 0 Å². The van der Waals surface area contributed by atoms with E-state index >= 15 is 0 Å². The molecule has 6 heteroatoms. The zero-order valence-electron chi connectivity index (χ0n) is 17.8. The van der Waals surface area contributed by atoms with Crippen molar-refractivity contribution in [3.63, 3.8) is 0 Å². The average molecular weight is 457 g/mol. The number of hydrogen-bond donors (Lipinski definition) is 0. The standard InChI is InChI=1S/C27H21ClN2O3/c28-25-9-5-4-8-22(25)24-15-27(31)33-26-14-21(10-11-23(24)26)32-13-12-20-16-29-18-30(20)17-19-6-2-1-3-7-19/h1-11,14-16,18H,12-13,17H2. The number of hydrogen-bond acceptors (Lipinski definition) is 4. The molecule has 0 bridgehead atoms. The molecule has 0 aliphatic carbocycles. The molecule has 3 aromatic carbocycles. The van der Waals surface area contributed by atoms with Crippen LogP contribution in [-0.2, 0) is 13.0 Å². The van der Waals surface area contributed by atoms with Gasteiger partial charge in [-0.15, -0.1) is 0 Å². The molecule has 5 aromatic rings. The molecule has 2 heterocycles. The molecule has 33 heavy (non-hydrogen) atoms. The second-order valence-electron chi connectivity index (χ2n) is 7.71. The SMILES string of the molecule is O=c1cc(-c2ccccc2Cl)c2ccc(OCCc3cncn3Cc3ccccc3)cc2o1. The summed E-state index contributed by atoms with van der Waals surface area (Å²) in [7, 11) is 0. The second kappa shape index (κ2) is 9.35. The van der Waals surface area contributed by atoms with E-state index in [4.69, 9.17) is 20.8 Å². The highest BCUT2D eigenvalue weighted by Gasteiger charge is 2.12. The Morgan fingerprint density at radius 2 is 1.76 bits per heavy atom. The zero-order chi connectivity index (χ0) is 22.6. The summed E-state index contributed by atoms with van der Waals surface area (Å²) >= 11 is 6.36. The van der Waals surface area contributed by atoms with Crippen LogP contribution in [0.5, 0.6) is 5.75 Å². The normalized spacial score (nSPS) is 11.1. The van der Waals surface area contributed by atoms with E-state index in [-0.39, 0.29) is 0 Å². The maximum absolute atomic E-state index is 12.2. The van der Waals surface area contributed by atoms with Crippen molar-refractivity contribution in [3.05, 3.63) is 118 Å². The van der Waals surface area contributed by atoms with Gasteiger partial charge in [0.25, 0.3) is 0 Å². The Morgan fingerprint density at radius 1 is 0.939 bits per heavy atom. The lowest BCUT2D eigenvalue weighted by atomic mass is 10.0. The van der Waals surface area contributed by atoms with Crippen LogP contribution in [0.3, 0.4) is 0 Å². The molecule has 0 amide bonds. The average Bonchev–Trinajstić information content (AvgIpc) is 3.26. The van der Waals surface area contributed by atoms with Crippen LogP contribution in [0, 0.1) is 0 Å². The Morgan fingerprint density at radius 3 is 2.61 bits per heavy atom. The van der Waals surface area contributed by atoms with Gasteiger partial charge in [0.05, 0.1) is 12.9 Å². The van der Waals surface area contributed by atoms with Gasteiger partial charge in [-0.2, -0.15) is 0 Å². The first kappa shape index (κ1) is 21.0. The Balaban J connectivity index is 1.33. The highest BCUT2D eigenvalue weighted by molar-refractivity contribution is 6.33. The molecule has 0 saturated heterocycles. The van der Waals surface area contributed by atoms with Gasteiger partial charge in [-0.3, -0.25) is 0 Å². The van der Waals surface area contributed by atoms with Crippen molar-refractivity contribution in [1.29, 1.82) is 0 Å². The Kier molecular flexibility index (Phi) is 5.96. The molecular formula is C27H21ClN2O3. The molecule has 0 saturated carbocycles. The van der Waals surface area contributed by atoms with Gasteiger partial charge in [0.15, 0.2) is 0 Å². The quantitative estimate of drug-likeness (QED) is 0.283. The van der Waals surface area contributed by atoms with Crippen LogP contribution in [0.25, 0.3) is 22.1 Å². The fourth-order valence-electron chi connectivity index (χ4n) is 3.89. The third-order valence-corrected chi connectivity index (χ3v) is 5.83. The topological polar surface area (TPSA) is 57.3 Å². The van der Waals surface area contributed by atoms with Gasteiger partial charge >= 0.3 is 5.63 Å². The molecular weight excluding hydrogens is 436 g/mol. The van der Waals surface area contributed by atoms with Crippen LogP contribution in [0.2, 0.25) is 5.02 Å². The number of rotatable bonds is 7. The van der Waals surface area contributed by atoms with E-state index in [1.54, 1.807) is 12.1 Å². The first-order valence-electron chi connectivity index (χ1n) is 10.7. The molecule has 0 atom stereocenters. The summed E-state index contributed by atoms with van der Waals surface area (Å²) in [5, 5.41) is 1.38. The van der Waals surface area contributed by atoms with Gasteiger partial charge in [-0.25, -0.2) is 9.78 Å². The van der Waals surface area contributed by atoms with E-state index in [2.05, 4.69) is 21.7 Å². The van der Waals surface area contributed by atoms with Crippen LogP contribution >= 0.6 is 11.6 Å². The molecule has 0 aliphatic rings. The lowest BCUT2D eigenvalue weighted by molar-refractivity contribution is 0.318. The van der Waals surface area contributed by atoms with Gasteiger partial charge in [0.2, 0.25) is 0 Å². The minimum Gasteiger partial charge on any atom is -0.493 e. The van der Waals surface area contributed by atoms with Crippen LogP contribution in [0.4, 0.5) is 0 Å². The molecule has 2 aromatic heterocycles. The largest absolute Gasteiger partial charge is 0.493 e. The van der Waals surface area contributed by atoms with Gasteiger partial charge in [0.1, 0.15) is 11.3 Å². The second-order valence-corrected chi connectivity index (χ2v) is 8.12. The van der Waals surface area contributed by atoms with Crippen molar-refractivity contribution in [2.75, 3.05) is 6.61 Å². The predicted molar refractivity (Wildman–Crippen MR) is 130 cm³/mol. The number of imidazole rings is 1. The molecule has 0 unspecified atom stereocenters. The van der Waals surface area contributed by atoms with Gasteiger partial charge in [-0.05, 0) is 23.8 Å². The smallest absolute Gasteiger partial charge is 0.336 e. The summed E-state index contributed by atoms with van der Waals surface area (Å²) < 4.78 is 13.5. The van der Waals surface area contributed by atoms with Crippen LogP contribution in [0.1, 0.15) is 11.3 Å². The summed E-state index contributed by atoms with van der Waals surface area (Å²) in [6, 6.07) is 24.7. The number of aromatic nitrogens is 2. The number of nitrogens with zero attached hydrogens (tertiary/aromatic N) is 2. The molecule has 0 N–H and O–H groups in total. The van der Waals surface area contributed by atoms with E-state index in [0.29, 0.717) is 29.4 Å². The number of fused-ring (bicyclic) bond motifs is 1. The summed E-state index contributed by atoms with van der Waals surface area (Å²) in [5.41, 5.74) is 3.87. The summed E-state index contributed by atoms with van der Waals surface area (Å²) in [6.07, 6.45) is 4.40. The third-order valence-electron chi connectivity index (χ3n) is 5.50. The maximum Gasteiger partial charge on any atom is 0.336 e. The molecule has 0 fully saturated rings. The maximum atomic E-state index is 12.2. The van der Waals surface area contributed by atoms with Gasteiger partial charge in [0, 0.05) is 58.5 Å². The van der Waals surface area contributed by atoms with Crippen molar-refractivity contribution < 1.29 is 9.15 Å². The summed E-state index contributed by atoms with van der Waals surface area (Å²) in [4.78, 5) is 16.5. The minimum atomic E-state index is -0.431. The van der Waals surface area contributed by atoms with Crippen molar-refractivity contribution in [1.82, 2.24) is 9.55 Å². The van der Waals surface area contributed by atoms with E-state index in [9.17, 15) is 4.79 Å². The molecule has 5 nitrogen and oxygen atoms in total. The van der Waals surface area contributed by atoms with E-state index in [0.717, 1.165) is 28.8 Å². The minimum absolute atomic E-state index is 0.431. The van der Waals surface area contributed by atoms with Gasteiger partial charge in [-0.1, -0.05) is 60.1 Å². The first-order valence-corrected chi connectivity index (χ1v) is 11.0. The van der Waals surface area contributed by atoms with Crippen LogP contribution in [0.15, 0.2) is 101 Å². The van der Waals surface area contributed by atoms with Crippen molar-refractivity contribution >= 4 is 22.6 Å². The predicted octanol–water partition coefficient (Wildman–Crippen LogP) is 5.98. The monoisotopic (exact) mass is 456 g/mol. The Labute approximate surface area is 195 Å². The zero-order valence-corrected chi connectivity index (χ0v) is 18.5.